The largest absolute Gasteiger partial charge is 0.365 e. The van der Waals surface area contributed by atoms with Crippen molar-refractivity contribution in [2.75, 3.05) is 26.2 Å². The fourth-order valence-corrected chi connectivity index (χ4v) is 2.90. The van der Waals surface area contributed by atoms with Crippen molar-refractivity contribution in [2.24, 2.45) is 0 Å². The standard InChI is InChI=1S/C20H26ClNO/c1-4-22(5-2)15-16-23-20(3,17-9-7-6-8-10-17)18-11-13-19(21)14-12-18/h6-14H,4-5,15-16H2,1-3H3/t20-/m1/s1. The fourth-order valence-electron chi connectivity index (χ4n) is 2.78. The molecular weight excluding hydrogens is 306 g/mol. The minimum absolute atomic E-state index is 0.473. The molecule has 1 atom stereocenters. The highest BCUT2D eigenvalue weighted by Gasteiger charge is 2.29. The molecule has 0 spiro atoms. The van der Waals surface area contributed by atoms with Crippen LogP contribution in [0.2, 0.25) is 5.02 Å². The normalized spacial score (nSPS) is 14.0. The summed E-state index contributed by atoms with van der Waals surface area (Å²) >= 11 is 6.04. The number of halogens is 1. The third-order valence-corrected chi connectivity index (χ3v) is 4.66. The van der Waals surface area contributed by atoms with Gasteiger partial charge in [-0.15, -0.1) is 0 Å². The number of benzene rings is 2. The molecule has 3 heteroatoms. The van der Waals surface area contributed by atoms with Crippen molar-refractivity contribution in [1.29, 1.82) is 0 Å². The maximum atomic E-state index is 6.39. The smallest absolute Gasteiger partial charge is 0.115 e. The summed E-state index contributed by atoms with van der Waals surface area (Å²) in [6.45, 7) is 10.2. The number of hydrogen-bond acceptors (Lipinski definition) is 2. The molecule has 0 aliphatic rings. The summed E-state index contributed by atoms with van der Waals surface area (Å²) in [5.74, 6) is 0. The van der Waals surface area contributed by atoms with Crippen LogP contribution in [0.5, 0.6) is 0 Å². The summed E-state index contributed by atoms with van der Waals surface area (Å²) in [7, 11) is 0. The Hall–Kier alpha value is -1.35. The molecule has 2 nitrogen and oxygen atoms in total. The highest BCUT2D eigenvalue weighted by molar-refractivity contribution is 6.30. The second-order valence-electron chi connectivity index (χ2n) is 5.78. The Morgan fingerprint density at radius 1 is 0.913 bits per heavy atom. The zero-order chi connectivity index (χ0) is 16.7. The molecule has 0 aliphatic carbocycles. The summed E-state index contributed by atoms with van der Waals surface area (Å²) in [6, 6.07) is 18.3. The average molecular weight is 332 g/mol. The Kier molecular flexibility index (Phi) is 6.64. The van der Waals surface area contributed by atoms with Crippen LogP contribution in [0.1, 0.15) is 31.9 Å². The van der Waals surface area contributed by atoms with E-state index in [9.17, 15) is 0 Å². The van der Waals surface area contributed by atoms with Gasteiger partial charge in [0.25, 0.3) is 0 Å². The summed E-state index contributed by atoms with van der Waals surface area (Å²) < 4.78 is 6.39. The molecule has 0 bridgehead atoms. The van der Waals surface area contributed by atoms with Crippen molar-refractivity contribution in [3.63, 3.8) is 0 Å². The third-order valence-electron chi connectivity index (χ3n) is 4.41. The van der Waals surface area contributed by atoms with Crippen LogP contribution in [0, 0.1) is 0 Å². The number of rotatable bonds is 8. The van der Waals surface area contributed by atoms with Crippen LogP contribution in [0.4, 0.5) is 0 Å². The molecule has 0 saturated carbocycles. The second-order valence-corrected chi connectivity index (χ2v) is 6.22. The quantitative estimate of drug-likeness (QED) is 0.677. The van der Waals surface area contributed by atoms with E-state index in [0.717, 1.165) is 35.8 Å². The highest BCUT2D eigenvalue weighted by Crippen LogP contribution is 2.33. The van der Waals surface area contributed by atoms with Crippen LogP contribution in [-0.4, -0.2) is 31.1 Å². The lowest BCUT2D eigenvalue weighted by molar-refractivity contribution is -0.0135. The molecule has 2 aromatic rings. The van der Waals surface area contributed by atoms with E-state index in [0.29, 0.717) is 6.61 Å². The summed E-state index contributed by atoms with van der Waals surface area (Å²) in [5, 5.41) is 0.743. The predicted octanol–water partition coefficient (Wildman–Crippen LogP) is 4.96. The van der Waals surface area contributed by atoms with Crippen molar-refractivity contribution in [3.8, 4) is 0 Å². The lowest BCUT2D eigenvalue weighted by Crippen LogP contribution is -2.33. The molecular formula is C20H26ClNO. The van der Waals surface area contributed by atoms with Gasteiger partial charge in [0.05, 0.1) is 6.61 Å². The number of hydrogen-bond donors (Lipinski definition) is 0. The topological polar surface area (TPSA) is 12.5 Å². The van der Waals surface area contributed by atoms with E-state index in [1.54, 1.807) is 0 Å². The van der Waals surface area contributed by atoms with Gasteiger partial charge in [-0.1, -0.05) is 67.9 Å². The van der Waals surface area contributed by atoms with Crippen LogP contribution in [0.25, 0.3) is 0 Å². The van der Waals surface area contributed by atoms with Crippen molar-refractivity contribution in [1.82, 2.24) is 4.90 Å². The van der Waals surface area contributed by atoms with Crippen LogP contribution in [0.3, 0.4) is 0 Å². The van der Waals surface area contributed by atoms with Gasteiger partial charge in [0, 0.05) is 11.6 Å². The van der Waals surface area contributed by atoms with E-state index >= 15 is 0 Å². The molecule has 2 aromatic carbocycles. The molecule has 0 fully saturated rings. The van der Waals surface area contributed by atoms with Crippen LogP contribution < -0.4 is 0 Å². The molecule has 0 unspecified atom stereocenters. The first-order valence-electron chi connectivity index (χ1n) is 8.28. The molecule has 0 aliphatic heterocycles. The van der Waals surface area contributed by atoms with Crippen molar-refractivity contribution < 1.29 is 4.74 Å². The van der Waals surface area contributed by atoms with E-state index in [1.807, 2.05) is 30.3 Å². The maximum Gasteiger partial charge on any atom is 0.115 e. The zero-order valence-corrected chi connectivity index (χ0v) is 15.0. The van der Waals surface area contributed by atoms with Crippen molar-refractivity contribution in [3.05, 3.63) is 70.7 Å². The number of ether oxygens (including phenoxy) is 1. The van der Waals surface area contributed by atoms with Crippen molar-refractivity contribution in [2.45, 2.75) is 26.4 Å². The Morgan fingerprint density at radius 2 is 1.48 bits per heavy atom. The van der Waals surface area contributed by atoms with E-state index in [-0.39, 0.29) is 0 Å². The molecule has 0 heterocycles. The molecule has 0 aromatic heterocycles. The summed E-state index contributed by atoms with van der Waals surface area (Å²) in [6.07, 6.45) is 0. The lowest BCUT2D eigenvalue weighted by atomic mass is 9.88. The SMILES string of the molecule is CCN(CC)CCO[C@](C)(c1ccccc1)c1ccc(Cl)cc1. The first-order chi connectivity index (χ1) is 11.1. The first-order valence-corrected chi connectivity index (χ1v) is 8.65. The minimum atomic E-state index is -0.473. The second kappa shape index (κ2) is 8.49. The van der Waals surface area contributed by atoms with Gasteiger partial charge in [-0.05, 0) is 43.3 Å². The molecule has 2 rings (SSSR count). The monoisotopic (exact) mass is 331 g/mol. The predicted molar refractivity (Wildman–Crippen MR) is 98.1 cm³/mol. The first kappa shape index (κ1) is 18.0. The maximum absolute atomic E-state index is 6.39. The Balaban J connectivity index is 2.23. The average Bonchev–Trinajstić information content (AvgIpc) is 2.60. The van der Waals surface area contributed by atoms with Gasteiger partial charge < -0.3 is 9.64 Å². The van der Waals surface area contributed by atoms with Gasteiger partial charge in [0.2, 0.25) is 0 Å². The van der Waals surface area contributed by atoms with Crippen LogP contribution in [0.15, 0.2) is 54.6 Å². The number of likely N-dealkylation sites (N-methyl/N-ethyl adjacent to an activating group) is 1. The van der Waals surface area contributed by atoms with Gasteiger partial charge >= 0.3 is 0 Å². The molecule has 0 saturated heterocycles. The van der Waals surface area contributed by atoms with Crippen LogP contribution >= 0.6 is 11.6 Å². The summed E-state index contributed by atoms with van der Waals surface area (Å²) in [5.41, 5.74) is 1.80. The van der Waals surface area contributed by atoms with Crippen molar-refractivity contribution >= 4 is 11.6 Å². The van der Waals surface area contributed by atoms with E-state index < -0.39 is 5.60 Å². The van der Waals surface area contributed by atoms with Gasteiger partial charge in [-0.25, -0.2) is 0 Å². The van der Waals surface area contributed by atoms with Crippen LogP contribution in [-0.2, 0) is 10.3 Å². The highest BCUT2D eigenvalue weighted by atomic mass is 35.5. The van der Waals surface area contributed by atoms with Gasteiger partial charge in [-0.3, -0.25) is 0 Å². The Morgan fingerprint density at radius 3 is 2.04 bits per heavy atom. The molecule has 23 heavy (non-hydrogen) atoms. The molecule has 124 valence electrons. The Bertz CT molecular complexity index is 580. The van der Waals surface area contributed by atoms with E-state index in [1.165, 1.54) is 0 Å². The lowest BCUT2D eigenvalue weighted by Gasteiger charge is -2.32. The van der Waals surface area contributed by atoms with Gasteiger partial charge in [0.1, 0.15) is 5.60 Å². The Labute approximate surface area is 145 Å². The van der Waals surface area contributed by atoms with E-state index in [2.05, 4.69) is 49.9 Å². The zero-order valence-electron chi connectivity index (χ0n) is 14.3. The van der Waals surface area contributed by atoms with Gasteiger partial charge in [-0.2, -0.15) is 0 Å². The third kappa shape index (κ3) is 4.57. The van der Waals surface area contributed by atoms with E-state index in [4.69, 9.17) is 16.3 Å². The fraction of sp³-hybridized carbons (Fsp3) is 0.400. The minimum Gasteiger partial charge on any atom is -0.365 e. The number of nitrogens with zero attached hydrogens (tertiary/aromatic N) is 1. The molecule has 0 N–H and O–H groups in total. The summed E-state index contributed by atoms with van der Waals surface area (Å²) in [4.78, 5) is 2.37. The molecule has 0 radical (unpaired) electrons. The van der Waals surface area contributed by atoms with Gasteiger partial charge in [0.15, 0.2) is 0 Å². The molecule has 0 amide bonds.